The van der Waals surface area contributed by atoms with Crippen LogP contribution in [0.3, 0.4) is 0 Å². The maximum atomic E-state index is 12.0. The smallest absolute Gasteiger partial charge is 0.408 e. The highest BCUT2D eigenvalue weighted by atomic mass is 16.6. The van der Waals surface area contributed by atoms with Gasteiger partial charge in [-0.1, -0.05) is 32.0 Å². The van der Waals surface area contributed by atoms with Gasteiger partial charge in [0, 0.05) is 251 Å². The molecule has 10 saturated heterocycles. The van der Waals surface area contributed by atoms with Gasteiger partial charge in [-0.2, -0.15) is 0 Å². The van der Waals surface area contributed by atoms with Gasteiger partial charge in [0.15, 0.2) is 0 Å². The number of aliphatic hydroxyl groups is 2. The van der Waals surface area contributed by atoms with Gasteiger partial charge >= 0.3 is 18.3 Å². The molecular formula is C113H216N18O16. The Morgan fingerprint density at radius 2 is 0.653 bits per heavy atom. The molecule has 0 aromatic heterocycles. The summed E-state index contributed by atoms with van der Waals surface area (Å²) in [6.45, 7) is 85.4. The largest absolute Gasteiger partial charge is 0.447 e. The maximum Gasteiger partial charge on any atom is 0.408 e. The Labute approximate surface area is 891 Å². The van der Waals surface area contributed by atoms with E-state index >= 15 is 0 Å². The Bertz CT molecular complexity index is 3710. The quantitative estimate of drug-likeness (QED) is 0.0384. The lowest BCUT2D eigenvalue weighted by Crippen LogP contribution is -2.55. The molecule has 0 bridgehead atoms. The number of methoxy groups -OCH3 is 1. The summed E-state index contributed by atoms with van der Waals surface area (Å²) in [5.41, 5.74) is -1.49. The van der Waals surface area contributed by atoms with Gasteiger partial charge < -0.3 is 126 Å². The second-order valence-electron chi connectivity index (χ2n) is 48.0. The molecule has 147 heavy (non-hydrogen) atoms. The third-order valence-corrected chi connectivity index (χ3v) is 29.0. The van der Waals surface area contributed by atoms with E-state index in [1.807, 2.05) is 99.6 Å². The van der Waals surface area contributed by atoms with Gasteiger partial charge in [-0.25, -0.2) is 14.4 Å². The molecule has 11 rings (SSSR count). The van der Waals surface area contributed by atoms with Crippen LogP contribution in [0.25, 0.3) is 0 Å². The molecule has 1 aromatic rings. The molecular weight excluding hydrogens is 1870 g/mol. The molecule has 34 nitrogen and oxygen atoms in total. The Morgan fingerprint density at radius 3 is 0.939 bits per heavy atom. The minimum absolute atomic E-state index is 0.000460. The molecule has 854 valence electrons. The van der Waals surface area contributed by atoms with Crippen LogP contribution in [0.15, 0.2) is 30.3 Å². The average molecular weight is 2080 g/mol. The van der Waals surface area contributed by atoms with Crippen molar-refractivity contribution in [2.45, 2.75) is 493 Å². The summed E-state index contributed by atoms with van der Waals surface area (Å²) >= 11 is 0. The summed E-state index contributed by atoms with van der Waals surface area (Å²) in [6.07, 6.45) is 18.4. The highest BCUT2D eigenvalue weighted by molar-refractivity contribution is 5.94. The molecule has 2 atom stereocenters. The van der Waals surface area contributed by atoms with E-state index in [1.54, 1.807) is 7.11 Å². The van der Waals surface area contributed by atoms with Gasteiger partial charge in [-0.15, -0.1) is 0 Å². The van der Waals surface area contributed by atoms with Crippen LogP contribution >= 0.6 is 0 Å². The Hall–Kier alpha value is -6.67. The van der Waals surface area contributed by atoms with Gasteiger partial charge in [-0.05, 0) is 348 Å². The van der Waals surface area contributed by atoms with Gasteiger partial charge in [0.05, 0.1) is 6.10 Å². The predicted octanol–water partition coefficient (Wildman–Crippen LogP) is 14.0. The molecule has 10 fully saturated rings. The molecule has 9 amide bonds. The number of amides is 9. The third-order valence-electron chi connectivity index (χ3n) is 29.0. The lowest BCUT2D eigenvalue weighted by molar-refractivity contribution is -0.137. The number of hydrogen-bond donors (Lipinski definition) is 11. The minimum atomic E-state index is -1.27. The van der Waals surface area contributed by atoms with Crippen molar-refractivity contribution >= 4 is 53.7 Å². The number of hydrogen-bond acceptors (Lipinski definition) is 25. The summed E-state index contributed by atoms with van der Waals surface area (Å²) in [6, 6.07) is 17.3. The summed E-state index contributed by atoms with van der Waals surface area (Å²) < 4.78 is 25.8. The lowest BCUT2D eigenvalue weighted by atomic mass is 9.89. The molecule has 0 radical (unpaired) electrons. The third kappa shape index (κ3) is 58.3. The van der Waals surface area contributed by atoms with Crippen molar-refractivity contribution in [3.63, 3.8) is 0 Å². The molecule has 10 aliphatic rings. The number of carbonyl (C=O) groups is 9. The lowest BCUT2D eigenvalue weighted by Gasteiger charge is -2.41. The van der Waals surface area contributed by atoms with Crippen LogP contribution < -0.4 is 47.9 Å². The van der Waals surface area contributed by atoms with Gasteiger partial charge in [0.1, 0.15) is 35.6 Å². The Kier molecular flexibility index (Phi) is 63.3. The van der Waals surface area contributed by atoms with Crippen molar-refractivity contribution < 1.29 is 77.0 Å². The number of piperidine rings is 9. The van der Waals surface area contributed by atoms with Crippen molar-refractivity contribution in [3.05, 3.63) is 35.9 Å². The van der Waals surface area contributed by atoms with Crippen LogP contribution in [0.1, 0.15) is 360 Å². The molecule has 1 aromatic carbocycles. The molecule has 10 aliphatic heterocycles. The number of nitrogens with zero attached hydrogens (tertiary/aromatic N) is 9. The van der Waals surface area contributed by atoms with Crippen LogP contribution in [0.5, 0.6) is 0 Å². The summed E-state index contributed by atoms with van der Waals surface area (Å²) in [7, 11) is 1.54. The fourth-order valence-corrected chi connectivity index (χ4v) is 19.0. The average Bonchev–Trinajstić information content (AvgIpc) is 0.903. The topological polar surface area (TPSA) is 378 Å². The zero-order valence-electron chi connectivity index (χ0n) is 98.4. The second kappa shape index (κ2) is 69.2. The zero-order chi connectivity index (χ0) is 111. The van der Waals surface area contributed by atoms with Gasteiger partial charge in [-0.3, -0.25) is 28.8 Å². The van der Waals surface area contributed by atoms with Crippen molar-refractivity contribution in [1.82, 2.24) is 92.0 Å². The molecule has 0 saturated carbocycles. The van der Waals surface area contributed by atoms with Crippen LogP contribution in [0.2, 0.25) is 0 Å². The van der Waals surface area contributed by atoms with Crippen LogP contribution in [0.4, 0.5) is 14.4 Å². The molecule has 0 aliphatic carbocycles. The second-order valence-corrected chi connectivity index (χ2v) is 48.0. The SMILES string of the molecule is CC(C)C(=O)NC1CCN(C(C)C)CC1.CC(C)N1CCC(C)(NC(=O)OC(C)(C)C)CC1.CC(C)N1CCC(NC(=O)C(C)(C)O)CC1.CC(C)N1CCC(NC(=O)C2CCCO2)CC1.CC(C)N1CCC(NC(=O)OC(C)(C)C)CC1.CC(C)N1CCC(NC(=O)c2ccccc2)CC1.CC(C)OC(=O)NC1CCN(C(C)C)CC1.CC(O)C(=O)NC1CCN(C(C)C)CC1.COCC(=O)NC1CCN(C(C)C)CC1. The first-order valence-electron chi connectivity index (χ1n) is 56.7. The monoisotopic (exact) mass is 2080 g/mol. The van der Waals surface area contributed by atoms with Crippen molar-refractivity contribution in [2.24, 2.45) is 5.92 Å². The first-order chi connectivity index (χ1) is 68.6. The minimum Gasteiger partial charge on any atom is -0.447 e. The number of likely N-dealkylation sites (tertiary alicyclic amines) is 9. The van der Waals surface area contributed by atoms with E-state index in [1.165, 1.54) is 20.8 Å². The Morgan fingerprint density at radius 1 is 0.367 bits per heavy atom. The maximum absolute atomic E-state index is 12.0. The summed E-state index contributed by atoms with van der Waals surface area (Å²) in [4.78, 5) is 126. The fraction of sp³-hybridized carbons (Fsp3) is 0.867. The number of carbonyl (C=O) groups excluding carboxylic acids is 9. The van der Waals surface area contributed by atoms with Crippen LogP contribution in [-0.2, 0) is 47.7 Å². The van der Waals surface area contributed by atoms with Gasteiger partial charge in [0.25, 0.3) is 11.8 Å². The number of aliphatic hydroxyl groups excluding tert-OH is 1. The number of alkyl carbamates (subject to hydrolysis) is 3. The number of nitrogens with one attached hydrogen (secondary N) is 9. The summed E-state index contributed by atoms with van der Waals surface area (Å²) in [5, 5.41) is 45.6. The zero-order valence-corrected chi connectivity index (χ0v) is 98.4. The molecule has 10 heterocycles. The molecule has 0 spiro atoms. The van der Waals surface area contributed by atoms with E-state index < -0.39 is 22.9 Å². The van der Waals surface area contributed by atoms with E-state index in [4.69, 9.17) is 28.8 Å². The number of rotatable bonds is 26. The fourth-order valence-electron chi connectivity index (χ4n) is 19.0. The highest BCUT2D eigenvalue weighted by Crippen LogP contribution is 2.27. The van der Waals surface area contributed by atoms with Crippen LogP contribution in [-0.4, -0.2) is 390 Å². The van der Waals surface area contributed by atoms with Gasteiger partial charge in [0.2, 0.25) is 23.6 Å². The van der Waals surface area contributed by atoms with E-state index in [0.29, 0.717) is 78.5 Å². The van der Waals surface area contributed by atoms with Crippen molar-refractivity contribution in [3.8, 4) is 0 Å². The van der Waals surface area contributed by atoms with E-state index in [0.717, 1.165) is 258 Å². The Balaban J connectivity index is 0.000000425. The molecule has 2 unspecified atom stereocenters. The molecule has 34 heteroatoms. The van der Waals surface area contributed by atoms with Crippen LogP contribution in [0, 0.1) is 5.92 Å². The highest BCUT2D eigenvalue weighted by Gasteiger charge is 2.37. The first-order valence-corrected chi connectivity index (χ1v) is 56.7. The summed E-state index contributed by atoms with van der Waals surface area (Å²) in [5.74, 6) is -0.0655. The predicted molar refractivity (Wildman–Crippen MR) is 594 cm³/mol. The van der Waals surface area contributed by atoms with E-state index in [2.05, 4.69) is 224 Å². The standard InChI is InChI=1S/C15H22N2O.C14H28N2O2.C13H24N2O2.C13H26N2O2.2C12H24N2O2.C12H24N2O.2C11H22N2O2/c1-12(2)17-10-8-14(9-11-17)16-15(18)13-6-4-3-5-7-13;1-11(2)16-9-7-14(6,8-10-16)15-12(17)18-13(3,4)5;1-10(2)15-7-5-11(6-8-15)14-13(16)12-4-3-9-17-12;1-10(2)15-8-6-11(7-9-15)14-12(16)17-13(3,4)5;1-9(2)14-7-5-10(6-8-14)13-11(15)12(3,4)16;1-9(2)14-7-5-11(6-8-14)13-12(15)16-10(3)4;1-9(2)12(15)13-11-5-7-14(8-6-11)10(3)4;1-9(2)13-6-4-10(5-7-13)12-11(14)8-15-3;1-8(2)13-6-4-10(5-7-13)12-11(15)9(3)14/h3-7,12,14H,8-11H2,1-2H3,(H,16,18);11H,7-10H2,1-6H3,(H,15,17);10-12H,3-9H2,1-2H3,(H,14,16);10-11H,6-9H2,1-5H3,(H,14,16);9-10,16H,5-8H2,1-4H3,(H,13,15);9-11H,5-8H2,1-4H3,(H,13,15);9-11H,5-8H2,1-4H3,(H,13,15);9-10H,4-8H2,1-3H3,(H,12,14);8-10,14H,4-7H2,1-3H3,(H,12,15). The van der Waals surface area contributed by atoms with Crippen molar-refractivity contribution in [2.75, 3.05) is 138 Å². The van der Waals surface area contributed by atoms with Crippen molar-refractivity contribution in [1.29, 1.82) is 0 Å². The number of ether oxygens (including phenoxy) is 5. The molecule has 11 N–H and O–H groups in total. The van der Waals surface area contributed by atoms with E-state index in [9.17, 15) is 48.3 Å². The number of benzene rings is 1. The first kappa shape index (κ1) is 134. The van der Waals surface area contributed by atoms with E-state index in [-0.39, 0.29) is 108 Å². The normalized spacial score (nSPS) is 20.7.